The molecule has 0 spiro atoms. The van der Waals surface area contributed by atoms with Gasteiger partial charge in [0.05, 0.1) is 6.04 Å². The number of fused-ring (bicyclic) bond motifs is 1. The van der Waals surface area contributed by atoms with E-state index in [-0.39, 0.29) is 11.9 Å². The number of amides is 1. The van der Waals surface area contributed by atoms with Gasteiger partial charge in [-0.15, -0.1) is 0 Å². The second kappa shape index (κ2) is 8.71. The van der Waals surface area contributed by atoms with Crippen LogP contribution in [0.5, 0.6) is 0 Å². The van der Waals surface area contributed by atoms with Gasteiger partial charge in [0.1, 0.15) is 0 Å². The van der Waals surface area contributed by atoms with Gasteiger partial charge in [0, 0.05) is 25.1 Å². The van der Waals surface area contributed by atoms with Crippen molar-refractivity contribution in [2.24, 2.45) is 0 Å². The van der Waals surface area contributed by atoms with Gasteiger partial charge in [-0.1, -0.05) is 72.3 Å². The van der Waals surface area contributed by atoms with Crippen molar-refractivity contribution in [1.82, 2.24) is 19.7 Å². The zero-order valence-corrected chi connectivity index (χ0v) is 18.9. The van der Waals surface area contributed by atoms with Crippen LogP contribution in [-0.2, 0) is 11.3 Å². The van der Waals surface area contributed by atoms with Crippen molar-refractivity contribution in [3.05, 3.63) is 82.6 Å². The zero-order chi connectivity index (χ0) is 22.1. The van der Waals surface area contributed by atoms with E-state index in [0.29, 0.717) is 17.7 Å². The molecule has 2 heterocycles. The molecule has 1 aromatic heterocycles. The molecule has 4 aromatic rings. The van der Waals surface area contributed by atoms with E-state index in [4.69, 9.17) is 12.2 Å². The van der Waals surface area contributed by atoms with E-state index < -0.39 is 0 Å². The Balaban J connectivity index is 1.36. The Morgan fingerprint density at radius 2 is 1.88 bits per heavy atom. The predicted octanol–water partition coefficient (Wildman–Crippen LogP) is 5.82. The van der Waals surface area contributed by atoms with Crippen molar-refractivity contribution in [2.45, 2.75) is 38.8 Å². The number of carbonyl (C=O) groups is 1. The Morgan fingerprint density at radius 3 is 2.72 bits per heavy atom. The molecule has 1 atom stereocenters. The highest BCUT2D eigenvalue weighted by Crippen LogP contribution is 2.36. The van der Waals surface area contributed by atoms with Crippen LogP contribution in [0.2, 0.25) is 0 Å². The fraction of sp³-hybridized carbons (Fsp3) is 0.269. The minimum atomic E-state index is 0.127. The third-order valence-electron chi connectivity index (χ3n) is 6.37. The number of likely N-dealkylation sites (tertiary alicyclic amines) is 1. The highest BCUT2D eigenvalue weighted by Gasteiger charge is 2.30. The molecule has 5 rings (SSSR count). The number of benzene rings is 3. The van der Waals surface area contributed by atoms with Crippen LogP contribution in [0, 0.1) is 11.7 Å². The van der Waals surface area contributed by atoms with Gasteiger partial charge in [-0.25, -0.2) is 0 Å². The van der Waals surface area contributed by atoms with E-state index in [1.807, 2.05) is 16.7 Å². The monoisotopic (exact) mass is 442 g/mol. The van der Waals surface area contributed by atoms with Crippen LogP contribution in [0.1, 0.15) is 36.4 Å². The van der Waals surface area contributed by atoms with Crippen molar-refractivity contribution in [3.8, 4) is 11.4 Å². The Morgan fingerprint density at radius 1 is 1.09 bits per heavy atom. The predicted molar refractivity (Wildman–Crippen MR) is 130 cm³/mol. The number of H-pyrrole nitrogens is 1. The highest BCUT2D eigenvalue weighted by molar-refractivity contribution is 7.71. The summed E-state index contributed by atoms with van der Waals surface area (Å²) in [5.41, 5.74) is 3.43. The SMILES string of the molecule is Cc1ccc(-c2n[nH]c(=S)n2CCC(=O)N2CCCC2c2cccc3ccccc23)cc1. The van der Waals surface area contributed by atoms with Crippen molar-refractivity contribution in [1.29, 1.82) is 0 Å². The Kier molecular flexibility index (Phi) is 5.62. The minimum absolute atomic E-state index is 0.127. The minimum Gasteiger partial charge on any atom is -0.336 e. The molecule has 6 heteroatoms. The van der Waals surface area contributed by atoms with Crippen LogP contribution < -0.4 is 0 Å². The van der Waals surface area contributed by atoms with Crippen molar-refractivity contribution in [2.75, 3.05) is 6.54 Å². The summed E-state index contributed by atoms with van der Waals surface area (Å²) < 4.78 is 2.47. The molecule has 32 heavy (non-hydrogen) atoms. The third kappa shape index (κ3) is 3.86. The van der Waals surface area contributed by atoms with E-state index in [9.17, 15) is 4.79 Å². The average Bonchev–Trinajstić information content (AvgIpc) is 3.45. The van der Waals surface area contributed by atoms with E-state index in [0.717, 1.165) is 30.8 Å². The number of carbonyl (C=O) groups excluding carboxylic acids is 1. The van der Waals surface area contributed by atoms with Gasteiger partial charge in [0.15, 0.2) is 10.6 Å². The molecule has 1 saturated heterocycles. The molecule has 1 N–H and O–H groups in total. The summed E-state index contributed by atoms with van der Waals surface area (Å²) in [5.74, 6) is 0.938. The first-order valence-corrected chi connectivity index (χ1v) is 11.5. The van der Waals surface area contributed by atoms with Gasteiger partial charge in [0.25, 0.3) is 0 Å². The number of aryl methyl sites for hydroxylation is 1. The van der Waals surface area contributed by atoms with Gasteiger partial charge < -0.3 is 4.90 Å². The average molecular weight is 443 g/mol. The van der Waals surface area contributed by atoms with Crippen LogP contribution in [0.3, 0.4) is 0 Å². The Bertz CT molecular complexity index is 1320. The largest absolute Gasteiger partial charge is 0.336 e. The lowest BCUT2D eigenvalue weighted by molar-refractivity contribution is -0.132. The number of hydrogen-bond acceptors (Lipinski definition) is 3. The molecule has 0 bridgehead atoms. The summed E-state index contributed by atoms with van der Waals surface area (Å²) in [6, 6.07) is 23.1. The maximum atomic E-state index is 13.3. The summed E-state index contributed by atoms with van der Waals surface area (Å²) in [6.45, 7) is 3.37. The van der Waals surface area contributed by atoms with E-state index in [1.165, 1.54) is 21.9 Å². The first-order valence-electron chi connectivity index (χ1n) is 11.1. The van der Waals surface area contributed by atoms with Crippen LogP contribution >= 0.6 is 12.2 Å². The summed E-state index contributed by atoms with van der Waals surface area (Å²) in [4.78, 5) is 15.4. The van der Waals surface area contributed by atoms with Crippen molar-refractivity contribution < 1.29 is 4.79 Å². The second-order valence-corrected chi connectivity index (χ2v) is 8.82. The summed E-state index contributed by atoms with van der Waals surface area (Å²) in [6.07, 6.45) is 2.42. The van der Waals surface area contributed by atoms with Crippen LogP contribution in [0.25, 0.3) is 22.2 Å². The summed E-state index contributed by atoms with van der Waals surface area (Å²) >= 11 is 5.46. The number of hydrogen-bond donors (Lipinski definition) is 1. The van der Waals surface area contributed by atoms with Crippen LogP contribution in [0.4, 0.5) is 0 Å². The standard InChI is InChI=1S/C26H26N4OS/c1-18-11-13-20(14-12-18)25-27-28-26(32)30(25)17-15-24(31)29-16-5-10-23(29)22-9-4-7-19-6-2-3-8-21(19)22/h2-4,6-9,11-14,23H,5,10,15-17H2,1H3,(H,28,32). The molecular formula is C26H26N4OS. The quantitative estimate of drug-likeness (QED) is 0.396. The maximum Gasteiger partial charge on any atom is 0.224 e. The van der Waals surface area contributed by atoms with Gasteiger partial charge in [-0.05, 0) is 48.3 Å². The number of nitrogens with zero attached hydrogens (tertiary/aromatic N) is 3. The number of aromatic nitrogens is 3. The highest BCUT2D eigenvalue weighted by atomic mass is 32.1. The third-order valence-corrected chi connectivity index (χ3v) is 6.68. The zero-order valence-electron chi connectivity index (χ0n) is 18.1. The number of rotatable bonds is 5. The van der Waals surface area contributed by atoms with Crippen LogP contribution in [0.15, 0.2) is 66.7 Å². The van der Waals surface area contributed by atoms with E-state index >= 15 is 0 Å². The second-order valence-electron chi connectivity index (χ2n) is 8.43. The number of nitrogens with one attached hydrogen (secondary N) is 1. The van der Waals surface area contributed by atoms with Crippen molar-refractivity contribution in [3.63, 3.8) is 0 Å². The first-order chi connectivity index (χ1) is 15.6. The fourth-order valence-corrected chi connectivity index (χ4v) is 4.95. The lowest BCUT2D eigenvalue weighted by Crippen LogP contribution is -2.31. The van der Waals surface area contributed by atoms with E-state index in [1.54, 1.807) is 0 Å². The maximum absolute atomic E-state index is 13.3. The molecular weight excluding hydrogens is 416 g/mol. The molecule has 1 aliphatic rings. The molecule has 1 fully saturated rings. The fourth-order valence-electron chi connectivity index (χ4n) is 4.73. The van der Waals surface area contributed by atoms with Crippen LogP contribution in [-0.4, -0.2) is 32.1 Å². The topological polar surface area (TPSA) is 53.9 Å². The summed E-state index contributed by atoms with van der Waals surface area (Å²) in [7, 11) is 0. The molecule has 1 unspecified atom stereocenters. The number of aromatic amines is 1. The molecule has 1 aliphatic heterocycles. The van der Waals surface area contributed by atoms with Gasteiger partial charge in [-0.2, -0.15) is 5.10 Å². The first kappa shape index (κ1) is 20.6. The molecule has 5 nitrogen and oxygen atoms in total. The lowest BCUT2D eigenvalue weighted by atomic mass is 9.97. The molecule has 1 amide bonds. The smallest absolute Gasteiger partial charge is 0.224 e. The normalized spacial score (nSPS) is 16.0. The molecule has 3 aromatic carbocycles. The van der Waals surface area contributed by atoms with Gasteiger partial charge in [0.2, 0.25) is 5.91 Å². The molecule has 162 valence electrons. The van der Waals surface area contributed by atoms with Crippen molar-refractivity contribution >= 4 is 28.9 Å². The lowest BCUT2D eigenvalue weighted by Gasteiger charge is -2.26. The molecule has 0 saturated carbocycles. The molecule has 0 aliphatic carbocycles. The Hall–Kier alpha value is -3.25. The van der Waals surface area contributed by atoms with E-state index in [2.05, 4.69) is 76.6 Å². The van der Waals surface area contributed by atoms with Gasteiger partial charge >= 0.3 is 0 Å². The molecule has 0 radical (unpaired) electrons. The summed E-state index contributed by atoms with van der Waals surface area (Å²) in [5, 5.41) is 9.75. The van der Waals surface area contributed by atoms with Gasteiger partial charge in [-0.3, -0.25) is 14.5 Å². The Labute approximate surface area is 192 Å².